The zero-order valence-corrected chi connectivity index (χ0v) is 22.8. The molecule has 3 aliphatic heterocycles. The molecule has 0 spiro atoms. The lowest BCUT2D eigenvalue weighted by atomic mass is 10.1. The first-order chi connectivity index (χ1) is 18.0. The first-order valence-electron chi connectivity index (χ1n) is 11.9. The summed E-state index contributed by atoms with van der Waals surface area (Å²) in [4.78, 5) is 36.7. The molecule has 1 aromatic heterocycles. The predicted octanol–water partition coefficient (Wildman–Crippen LogP) is 0.542. The highest BCUT2D eigenvalue weighted by atomic mass is 35.5. The van der Waals surface area contributed by atoms with E-state index in [1.54, 1.807) is 29.1 Å². The Hall–Kier alpha value is -3.34. The van der Waals surface area contributed by atoms with Crippen molar-refractivity contribution in [3.8, 4) is 0 Å². The van der Waals surface area contributed by atoms with Gasteiger partial charge in [0.15, 0.2) is 10.1 Å². The molecule has 3 saturated heterocycles. The smallest absolute Gasteiger partial charge is 0.276 e. The van der Waals surface area contributed by atoms with Gasteiger partial charge in [0.25, 0.3) is 11.9 Å². The molecule has 38 heavy (non-hydrogen) atoms. The van der Waals surface area contributed by atoms with Crippen LogP contribution in [0.2, 0.25) is 5.15 Å². The van der Waals surface area contributed by atoms with Gasteiger partial charge in [0, 0.05) is 45.9 Å². The highest BCUT2D eigenvalue weighted by Gasteiger charge is 2.30. The van der Waals surface area contributed by atoms with Gasteiger partial charge >= 0.3 is 0 Å². The van der Waals surface area contributed by atoms with Crippen molar-refractivity contribution < 1.29 is 14.8 Å². The Labute approximate surface area is 225 Å². The molecular weight excluding hydrogens is 522 g/mol. The lowest BCUT2D eigenvalue weighted by Crippen LogP contribution is -2.57. The minimum absolute atomic E-state index is 0.336. The summed E-state index contributed by atoms with van der Waals surface area (Å²) < 4.78 is 5.34. The van der Waals surface area contributed by atoms with Crippen LogP contribution < -0.4 is 0 Å². The molecule has 3 fully saturated rings. The van der Waals surface area contributed by atoms with Crippen LogP contribution in [0.15, 0.2) is 28.5 Å². The minimum Gasteiger partial charge on any atom is -0.381 e. The van der Waals surface area contributed by atoms with Crippen LogP contribution in [0.5, 0.6) is 0 Å². The van der Waals surface area contributed by atoms with Gasteiger partial charge in [-0.25, -0.2) is 25.2 Å². The highest BCUT2D eigenvalue weighted by molar-refractivity contribution is 6.29. The Morgan fingerprint density at radius 2 is 1.55 bits per heavy atom. The van der Waals surface area contributed by atoms with Crippen LogP contribution in [0, 0.1) is 26.1 Å². The van der Waals surface area contributed by atoms with Gasteiger partial charge in [-0.3, -0.25) is 9.80 Å². The number of ether oxygens (including phenoxy) is 1. The second kappa shape index (κ2) is 13.5. The number of rotatable bonds is 6. The van der Waals surface area contributed by atoms with Crippen LogP contribution >= 0.6 is 11.6 Å². The summed E-state index contributed by atoms with van der Waals surface area (Å²) in [6, 6.07) is 3.53. The van der Waals surface area contributed by atoms with Crippen LogP contribution in [0.1, 0.15) is 12.0 Å². The first kappa shape index (κ1) is 29.2. The molecule has 0 aliphatic carbocycles. The maximum Gasteiger partial charge on any atom is 0.276 e. The monoisotopic (exact) mass is 555 g/mol. The standard InChI is InChI=1S/C11H15ClN6O2.C10H19N5O3/c1-15-7-16(2)11(14-18(19)20)17(8-15)6-9-3-4-10(12)13-5-9;1-12-7-13(2)10(11-15(16)17)14(8-12)5-9-3-4-18-6-9/h3-5H,6-8H2,1-2H3;9H,3-8H2,1-2H3/b14-11-;11-10-. The molecule has 4 heterocycles. The summed E-state index contributed by atoms with van der Waals surface area (Å²) in [7, 11) is 7.51. The van der Waals surface area contributed by atoms with Crippen molar-refractivity contribution in [3.05, 3.63) is 49.3 Å². The Morgan fingerprint density at radius 1 is 0.974 bits per heavy atom. The molecule has 0 bridgehead atoms. The Balaban J connectivity index is 0.000000212. The Morgan fingerprint density at radius 3 is 2.05 bits per heavy atom. The van der Waals surface area contributed by atoms with Crippen LogP contribution in [0.3, 0.4) is 0 Å². The number of pyridine rings is 1. The van der Waals surface area contributed by atoms with Gasteiger partial charge in [0.1, 0.15) is 15.4 Å². The zero-order chi connectivity index (χ0) is 27.8. The van der Waals surface area contributed by atoms with Crippen LogP contribution in [0.4, 0.5) is 0 Å². The number of aromatic nitrogens is 1. The molecule has 210 valence electrons. The van der Waals surface area contributed by atoms with E-state index in [0.29, 0.717) is 56.2 Å². The molecule has 1 unspecified atom stereocenters. The van der Waals surface area contributed by atoms with Crippen molar-refractivity contribution in [2.45, 2.75) is 13.0 Å². The first-order valence-corrected chi connectivity index (χ1v) is 12.3. The third-order valence-electron chi connectivity index (χ3n) is 5.99. The molecule has 0 saturated carbocycles. The van der Waals surface area contributed by atoms with Gasteiger partial charge in [-0.1, -0.05) is 17.7 Å². The zero-order valence-electron chi connectivity index (χ0n) is 22.0. The lowest BCUT2D eigenvalue weighted by molar-refractivity contribution is -0.486. The third kappa shape index (κ3) is 8.61. The highest BCUT2D eigenvalue weighted by Crippen LogP contribution is 2.17. The molecule has 0 amide bonds. The van der Waals surface area contributed by atoms with Crippen LogP contribution in [-0.2, 0) is 11.3 Å². The van der Waals surface area contributed by atoms with E-state index in [9.17, 15) is 20.2 Å². The average Bonchev–Trinajstić information content (AvgIpc) is 3.33. The van der Waals surface area contributed by atoms with Crippen molar-refractivity contribution in [1.29, 1.82) is 0 Å². The van der Waals surface area contributed by atoms with E-state index in [-0.39, 0.29) is 0 Å². The summed E-state index contributed by atoms with van der Waals surface area (Å²) in [5.74, 6) is 1.20. The van der Waals surface area contributed by atoms with E-state index in [0.717, 1.165) is 31.7 Å². The Kier molecular flexibility index (Phi) is 10.3. The summed E-state index contributed by atoms with van der Waals surface area (Å²) in [5.41, 5.74) is 0.911. The summed E-state index contributed by atoms with van der Waals surface area (Å²) in [6.07, 6.45) is 2.66. The van der Waals surface area contributed by atoms with Crippen LogP contribution in [-0.4, -0.2) is 131 Å². The number of hydrogen-bond donors (Lipinski definition) is 0. The van der Waals surface area contributed by atoms with E-state index in [1.165, 1.54) is 0 Å². The summed E-state index contributed by atoms with van der Waals surface area (Å²) >= 11 is 5.74. The predicted molar refractivity (Wildman–Crippen MR) is 140 cm³/mol. The van der Waals surface area contributed by atoms with E-state index in [1.807, 2.05) is 41.9 Å². The van der Waals surface area contributed by atoms with Gasteiger partial charge in [0.2, 0.25) is 0 Å². The second-order valence-corrected chi connectivity index (χ2v) is 9.98. The number of hydrazone groups is 2. The lowest BCUT2D eigenvalue weighted by Gasteiger charge is -2.40. The van der Waals surface area contributed by atoms with Crippen LogP contribution in [0.25, 0.3) is 0 Å². The van der Waals surface area contributed by atoms with Gasteiger partial charge in [-0.05, 0) is 32.1 Å². The van der Waals surface area contributed by atoms with Crippen molar-refractivity contribution in [2.24, 2.45) is 16.1 Å². The van der Waals surface area contributed by atoms with Crippen molar-refractivity contribution in [3.63, 3.8) is 0 Å². The van der Waals surface area contributed by atoms with Gasteiger partial charge in [-0.15, -0.1) is 0 Å². The SMILES string of the molecule is CN1CN(C)/C(=N/[N+](=O)[O-])N(CC2CCOC2)C1.CN1CN(C)/C(=N/[N+](=O)[O-])N(Cc2ccc(Cl)nc2)C1. The summed E-state index contributed by atoms with van der Waals surface area (Å²) in [5, 5.41) is 27.3. The molecule has 16 nitrogen and oxygen atoms in total. The van der Waals surface area contributed by atoms with E-state index in [4.69, 9.17) is 16.3 Å². The Bertz CT molecular complexity index is 1020. The molecule has 0 N–H and O–H groups in total. The normalized spacial score (nSPS) is 23.1. The fraction of sp³-hybridized carbons (Fsp3) is 0.667. The van der Waals surface area contributed by atoms with Crippen molar-refractivity contribution in [1.82, 2.24) is 34.4 Å². The number of hydrogen-bond acceptors (Lipinski definition) is 8. The number of halogens is 1. The van der Waals surface area contributed by atoms with Crippen molar-refractivity contribution >= 4 is 23.5 Å². The molecule has 1 atom stereocenters. The second-order valence-electron chi connectivity index (χ2n) is 9.59. The fourth-order valence-corrected chi connectivity index (χ4v) is 4.69. The molecule has 4 rings (SSSR count). The largest absolute Gasteiger partial charge is 0.381 e. The minimum atomic E-state index is -0.676. The average molecular weight is 556 g/mol. The molecular formula is C21H34ClN11O5. The fourth-order valence-electron chi connectivity index (χ4n) is 4.58. The van der Waals surface area contributed by atoms with Gasteiger partial charge in [-0.2, -0.15) is 0 Å². The molecule has 3 aliphatic rings. The molecule has 0 radical (unpaired) electrons. The van der Waals surface area contributed by atoms with E-state index >= 15 is 0 Å². The molecule has 1 aromatic rings. The quantitative estimate of drug-likeness (QED) is 0.273. The van der Waals surface area contributed by atoms with Gasteiger partial charge < -0.3 is 24.3 Å². The molecule has 0 aromatic carbocycles. The number of nitrogens with zero attached hydrogens (tertiary/aromatic N) is 11. The molecule has 17 heteroatoms. The van der Waals surface area contributed by atoms with Gasteiger partial charge in [0.05, 0.1) is 33.3 Å². The van der Waals surface area contributed by atoms with Crippen molar-refractivity contribution in [2.75, 3.05) is 74.6 Å². The number of guanidine groups is 2. The van der Waals surface area contributed by atoms with E-state index < -0.39 is 10.1 Å². The maximum absolute atomic E-state index is 10.7. The number of nitro groups is 2. The maximum atomic E-state index is 10.7. The third-order valence-corrected chi connectivity index (χ3v) is 6.21. The topological polar surface area (TPSA) is 153 Å². The van der Waals surface area contributed by atoms with E-state index in [2.05, 4.69) is 20.1 Å². The summed E-state index contributed by atoms with van der Waals surface area (Å²) in [6.45, 7) is 5.19.